The van der Waals surface area contributed by atoms with Crippen LogP contribution in [-0.2, 0) is 0 Å². The maximum atomic E-state index is 11.1. The summed E-state index contributed by atoms with van der Waals surface area (Å²) in [6, 6.07) is 5.61. The average Bonchev–Trinajstić information content (AvgIpc) is 2.77. The number of nitrogens with two attached hydrogens (primary N) is 2. The third kappa shape index (κ3) is 2.44. The minimum atomic E-state index is -0.501. The maximum Gasteiger partial charge on any atom is 0.251 e. The molecular weight excluding hydrogens is 296 g/mol. The van der Waals surface area contributed by atoms with Crippen molar-refractivity contribution in [3.05, 3.63) is 46.2 Å². The van der Waals surface area contributed by atoms with Crippen LogP contribution in [-0.4, -0.2) is 15.7 Å². The molecule has 0 aliphatic carbocycles. The summed E-state index contributed by atoms with van der Waals surface area (Å²) < 4.78 is 2.52. The van der Waals surface area contributed by atoms with Gasteiger partial charge in [0.2, 0.25) is 0 Å². The second-order valence-electron chi connectivity index (χ2n) is 4.03. The molecule has 0 fully saturated rings. The molecule has 2 aromatic rings. The highest BCUT2D eigenvalue weighted by Crippen LogP contribution is 2.24. The number of aromatic nitrogens is 2. The zero-order valence-electron chi connectivity index (χ0n) is 9.80. The normalized spacial score (nSPS) is 12.4. The van der Waals surface area contributed by atoms with Gasteiger partial charge in [0.25, 0.3) is 5.91 Å². The molecule has 1 aromatic heterocycles. The van der Waals surface area contributed by atoms with Gasteiger partial charge in [-0.3, -0.25) is 4.79 Å². The van der Waals surface area contributed by atoms with E-state index in [1.54, 1.807) is 10.9 Å². The lowest BCUT2D eigenvalue weighted by Crippen LogP contribution is -2.11. The van der Waals surface area contributed by atoms with Gasteiger partial charge < -0.3 is 11.5 Å². The Hall–Kier alpha value is -1.66. The summed E-state index contributed by atoms with van der Waals surface area (Å²) in [5, 5.41) is 4.13. The van der Waals surface area contributed by atoms with Gasteiger partial charge in [-0.2, -0.15) is 5.10 Å². The first-order valence-corrected chi connectivity index (χ1v) is 6.18. The van der Waals surface area contributed by atoms with Crippen LogP contribution in [0.4, 0.5) is 0 Å². The van der Waals surface area contributed by atoms with Gasteiger partial charge in [-0.25, -0.2) is 4.68 Å². The number of amides is 1. The SMILES string of the molecule is CC(N)c1ccc(Br)cc1-n1cc(C(N)=O)cn1. The van der Waals surface area contributed by atoms with E-state index in [1.165, 1.54) is 6.20 Å². The van der Waals surface area contributed by atoms with Crippen molar-refractivity contribution in [2.24, 2.45) is 11.5 Å². The largest absolute Gasteiger partial charge is 0.366 e. The molecule has 1 heterocycles. The summed E-state index contributed by atoms with van der Waals surface area (Å²) in [5.41, 5.74) is 13.3. The highest BCUT2D eigenvalue weighted by molar-refractivity contribution is 9.10. The second-order valence-corrected chi connectivity index (χ2v) is 4.95. The first-order chi connectivity index (χ1) is 8.49. The van der Waals surface area contributed by atoms with Crippen molar-refractivity contribution < 1.29 is 4.79 Å². The Morgan fingerprint density at radius 3 is 2.78 bits per heavy atom. The zero-order chi connectivity index (χ0) is 13.3. The molecule has 2 rings (SSSR count). The fraction of sp³-hybridized carbons (Fsp3) is 0.167. The van der Waals surface area contributed by atoms with Gasteiger partial charge in [-0.05, 0) is 24.6 Å². The Balaban J connectivity index is 2.54. The summed E-state index contributed by atoms with van der Waals surface area (Å²) in [7, 11) is 0. The number of primary amides is 1. The molecule has 0 radical (unpaired) electrons. The number of hydrogen-bond acceptors (Lipinski definition) is 3. The summed E-state index contributed by atoms with van der Waals surface area (Å²) in [4.78, 5) is 11.1. The van der Waals surface area contributed by atoms with Crippen LogP contribution < -0.4 is 11.5 Å². The third-order valence-electron chi connectivity index (χ3n) is 2.60. The van der Waals surface area contributed by atoms with Gasteiger partial charge in [0, 0.05) is 16.7 Å². The molecule has 0 spiro atoms. The van der Waals surface area contributed by atoms with Gasteiger partial charge in [-0.15, -0.1) is 0 Å². The van der Waals surface area contributed by atoms with E-state index < -0.39 is 5.91 Å². The fourth-order valence-electron chi connectivity index (χ4n) is 1.68. The standard InChI is InChI=1S/C12H13BrN4O/c1-7(14)10-3-2-9(13)4-11(10)17-6-8(5-16-17)12(15)18/h2-7H,14H2,1H3,(H2,15,18). The molecule has 0 saturated heterocycles. The van der Waals surface area contributed by atoms with Crippen LogP contribution in [0.2, 0.25) is 0 Å². The molecule has 1 atom stereocenters. The number of nitrogens with zero attached hydrogens (tertiary/aromatic N) is 2. The highest BCUT2D eigenvalue weighted by atomic mass is 79.9. The molecule has 1 aromatic carbocycles. The van der Waals surface area contributed by atoms with Gasteiger partial charge >= 0.3 is 0 Å². The van der Waals surface area contributed by atoms with Crippen molar-refractivity contribution in [2.45, 2.75) is 13.0 Å². The van der Waals surface area contributed by atoms with Gasteiger partial charge in [0.15, 0.2) is 0 Å². The lowest BCUT2D eigenvalue weighted by Gasteiger charge is -2.13. The van der Waals surface area contributed by atoms with Crippen LogP contribution in [0.5, 0.6) is 0 Å². The van der Waals surface area contributed by atoms with E-state index in [-0.39, 0.29) is 6.04 Å². The number of rotatable bonds is 3. The van der Waals surface area contributed by atoms with Crippen LogP contribution >= 0.6 is 15.9 Å². The van der Waals surface area contributed by atoms with E-state index in [0.29, 0.717) is 5.56 Å². The Labute approximate surface area is 113 Å². The molecule has 4 N–H and O–H groups in total. The molecule has 94 valence electrons. The van der Waals surface area contributed by atoms with E-state index in [0.717, 1.165) is 15.7 Å². The Bertz CT molecular complexity index is 592. The van der Waals surface area contributed by atoms with E-state index in [1.807, 2.05) is 25.1 Å². The summed E-state index contributed by atoms with van der Waals surface area (Å²) in [5.74, 6) is -0.501. The number of halogens is 1. The van der Waals surface area contributed by atoms with E-state index >= 15 is 0 Å². The van der Waals surface area contributed by atoms with E-state index in [4.69, 9.17) is 11.5 Å². The molecule has 1 unspecified atom stereocenters. The summed E-state index contributed by atoms with van der Waals surface area (Å²) >= 11 is 3.40. The van der Waals surface area contributed by atoms with E-state index in [2.05, 4.69) is 21.0 Å². The van der Waals surface area contributed by atoms with Crippen molar-refractivity contribution >= 4 is 21.8 Å². The lowest BCUT2D eigenvalue weighted by molar-refractivity contribution is 0.100. The minimum absolute atomic E-state index is 0.130. The molecular formula is C12H13BrN4O. The Kier molecular flexibility index (Phi) is 3.49. The predicted molar refractivity (Wildman–Crippen MR) is 72.4 cm³/mol. The summed E-state index contributed by atoms with van der Waals surface area (Å²) in [6.45, 7) is 1.89. The number of carbonyl (C=O) groups is 1. The maximum absolute atomic E-state index is 11.1. The highest BCUT2D eigenvalue weighted by Gasteiger charge is 2.12. The number of benzene rings is 1. The van der Waals surface area contributed by atoms with Crippen molar-refractivity contribution in [1.29, 1.82) is 0 Å². The van der Waals surface area contributed by atoms with Gasteiger partial charge in [0.1, 0.15) is 0 Å². The molecule has 0 saturated carbocycles. The summed E-state index contributed by atoms with van der Waals surface area (Å²) in [6.07, 6.45) is 3.03. The molecule has 0 bridgehead atoms. The molecule has 0 aliphatic rings. The number of hydrogen-bond donors (Lipinski definition) is 2. The zero-order valence-corrected chi connectivity index (χ0v) is 11.4. The number of carbonyl (C=O) groups excluding carboxylic acids is 1. The van der Waals surface area contributed by atoms with Crippen LogP contribution in [0.25, 0.3) is 5.69 Å². The smallest absolute Gasteiger partial charge is 0.251 e. The Morgan fingerprint density at radius 2 is 2.22 bits per heavy atom. The quantitative estimate of drug-likeness (QED) is 0.905. The van der Waals surface area contributed by atoms with Crippen LogP contribution in [0.1, 0.15) is 28.9 Å². The first-order valence-electron chi connectivity index (χ1n) is 5.39. The average molecular weight is 309 g/mol. The monoisotopic (exact) mass is 308 g/mol. The first kappa shape index (κ1) is 12.8. The lowest BCUT2D eigenvalue weighted by atomic mass is 10.1. The van der Waals surface area contributed by atoms with Crippen LogP contribution in [0.3, 0.4) is 0 Å². The van der Waals surface area contributed by atoms with Crippen molar-refractivity contribution in [3.8, 4) is 5.69 Å². The van der Waals surface area contributed by atoms with Crippen LogP contribution in [0, 0.1) is 0 Å². The molecule has 1 amide bonds. The van der Waals surface area contributed by atoms with Gasteiger partial charge in [-0.1, -0.05) is 22.0 Å². The molecule has 0 aliphatic heterocycles. The van der Waals surface area contributed by atoms with Crippen molar-refractivity contribution in [3.63, 3.8) is 0 Å². The fourth-order valence-corrected chi connectivity index (χ4v) is 2.03. The van der Waals surface area contributed by atoms with Crippen molar-refractivity contribution in [2.75, 3.05) is 0 Å². The predicted octanol–water partition coefficient (Wildman–Crippen LogP) is 1.75. The minimum Gasteiger partial charge on any atom is -0.366 e. The third-order valence-corrected chi connectivity index (χ3v) is 3.09. The molecule has 18 heavy (non-hydrogen) atoms. The van der Waals surface area contributed by atoms with Gasteiger partial charge in [0.05, 0.1) is 17.4 Å². The van der Waals surface area contributed by atoms with Crippen molar-refractivity contribution in [1.82, 2.24) is 9.78 Å². The molecule has 6 heteroatoms. The van der Waals surface area contributed by atoms with Crippen LogP contribution in [0.15, 0.2) is 35.1 Å². The van der Waals surface area contributed by atoms with E-state index in [9.17, 15) is 4.79 Å². The molecule has 5 nitrogen and oxygen atoms in total. The second kappa shape index (κ2) is 4.91. The Morgan fingerprint density at radius 1 is 1.50 bits per heavy atom. The topological polar surface area (TPSA) is 86.9 Å².